The molecule has 0 amide bonds. The lowest BCUT2D eigenvalue weighted by atomic mass is 9.75. The van der Waals surface area contributed by atoms with Gasteiger partial charge in [-0.2, -0.15) is 0 Å². The summed E-state index contributed by atoms with van der Waals surface area (Å²) in [6.45, 7) is 2.10. The van der Waals surface area contributed by atoms with Gasteiger partial charge in [-0.05, 0) is 42.0 Å². The summed E-state index contributed by atoms with van der Waals surface area (Å²) in [5, 5.41) is 13.2. The summed E-state index contributed by atoms with van der Waals surface area (Å²) in [5.41, 5.74) is 4.97. The summed E-state index contributed by atoms with van der Waals surface area (Å²) in [7, 11) is 0. The molecular formula is C20H19NO2. The predicted molar refractivity (Wildman–Crippen MR) is 90.9 cm³/mol. The number of benzene rings is 2. The molecule has 3 atom stereocenters. The van der Waals surface area contributed by atoms with E-state index in [1.807, 2.05) is 12.1 Å². The van der Waals surface area contributed by atoms with Crippen molar-refractivity contribution in [2.24, 2.45) is 5.92 Å². The Hall–Kier alpha value is -2.55. The molecule has 0 saturated carbocycles. The van der Waals surface area contributed by atoms with Crippen LogP contribution in [0.3, 0.4) is 0 Å². The first kappa shape index (κ1) is 14.1. The van der Waals surface area contributed by atoms with Crippen LogP contribution in [0.4, 0.5) is 5.69 Å². The number of carbonyl (C=O) groups is 1. The fourth-order valence-electron chi connectivity index (χ4n) is 4.05. The Morgan fingerprint density at radius 1 is 1.13 bits per heavy atom. The van der Waals surface area contributed by atoms with Crippen molar-refractivity contribution in [1.29, 1.82) is 0 Å². The van der Waals surface area contributed by atoms with Gasteiger partial charge in [-0.15, -0.1) is 0 Å². The monoisotopic (exact) mass is 305 g/mol. The summed E-state index contributed by atoms with van der Waals surface area (Å²) >= 11 is 0. The Bertz CT molecular complexity index is 809. The zero-order chi connectivity index (χ0) is 16.0. The number of hydrogen-bond acceptors (Lipinski definition) is 2. The molecule has 2 aliphatic rings. The fraction of sp³-hybridized carbons (Fsp3) is 0.250. The van der Waals surface area contributed by atoms with E-state index in [-0.39, 0.29) is 6.04 Å². The number of para-hydroxylation sites is 1. The quantitative estimate of drug-likeness (QED) is 0.802. The fourth-order valence-corrected chi connectivity index (χ4v) is 4.05. The van der Waals surface area contributed by atoms with E-state index in [0.717, 1.165) is 17.7 Å². The Kier molecular flexibility index (Phi) is 3.22. The molecule has 2 aromatic rings. The number of carboxylic acid groups (broad SMARTS) is 1. The zero-order valence-corrected chi connectivity index (χ0v) is 13.0. The molecule has 0 spiro atoms. The van der Waals surface area contributed by atoms with Crippen molar-refractivity contribution >= 4 is 11.7 Å². The van der Waals surface area contributed by atoms with Crippen molar-refractivity contribution in [3.63, 3.8) is 0 Å². The minimum Gasteiger partial charge on any atom is -0.478 e. The van der Waals surface area contributed by atoms with E-state index in [1.54, 1.807) is 12.1 Å². The van der Waals surface area contributed by atoms with Gasteiger partial charge in [-0.3, -0.25) is 0 Å². The van der Waals surface area contributed by atoms with Crippen molar-refractivity contribution < 1.29 is 9.90 Å². The molecule has 1 aliphatic carbocycles. The van der Waals surface area contributed by atoms with Gasteiger partial charge in [0.15, 0.2) is 0 Å². The van der Waals surface area contributed by atoms with Gasteiger partial charge in [0.05, 0.1) is 11.6 Å². The van der Waals surface area contributed by atoms with E-state index in [1.165, 1.54) is 11.1 Å². The molecule has 4 rings (SSSR count). The highest BCUT2D eigenvalue weighted by molar-refractivity contribution is 5.90. The zero-order valence-electron chi connectivity index (χ0n) is 13.0. The normalized spacial score (nSPS) is 24.7. The average molecular weight is 305 g/mol. The van der Waals surface area contributed by atoms with Gasteiger partial charge in [0.1, 0.15) is 0 Å². The molecule has 0 aromatic heterocycles. The number of allylic oxidation sites excluding steroid dienone is 2. The van der Waals surface area contributed by atoms with Crippen LogP contribution in [-0.2, 0) is 0 Å². The van der Waals surface area contributed by atoms with Crippen LogP contribution in [0.15, 0.2) is 54.6 Å². The van der Waals surface area contributed by atoms with Crippen LogP contribution in [0.5, 0.6) is 0 Å². The van der Waals surface area contributed by atoms with Crippen molar-refractivity contribution in [3.8, 4) is 0 Å². The van der Waals surface area contributed by atoms with Gasteiger partial charge in [0.2, 0.25) is 0 Å². The van der Waals surface area contributed by atoms with Gasteiger partial charge in [0.25, 0.3) is 0 Å². The molecule has 3 heteroatoms. The maximum Gasteiger partial charge on any atom is 0.336 e. The van der Waals surface area contributed by atoms with Crippen LogP contribution in [0.2, 0.25) is 0 Å². The van der Waals surface area contributed by atoms with E-state index in [4.69, 9.17) is 0 Å². The Balaban J connectivity index is 1.86. The summed E-state index contributed by atoms with van der Waals surface area (Å²) < 4.78 is 0. The molecule has 0 fully saturated rings. The Morgan fingerprint density at radius 3 is 2.74 bits per heavy atom. The summed E-state index contributed by atoms with van der Waals surface area (Å²) in [4.78, 5) is 11.6. The van der Waals surface area contributed by atoms with E-state index >= 15 is 0 Å². The lowest BCUT2D eigenvalue weighted by molar-refractivity contribution is 0.0694. The number of anilines is 1. The topological polar surface area (TPSA) is 49.3 Å². The molecule has 2 aromatic carbocycles. The van der Waals surface area contributed by atoms with Gasteiger partial charge in [-0.1, -0.05) is 48.6 Å². The second-order valence-corrected chi connectivity index (χ2v) is 6.41. The molecule has 23 heavy (non-hydrogen) atoms. The first-order chi connectivity index (χ1) is 11.2. The molecule has 0 unspecified atom stereocenters. The number of rotatable bonds is 2. The maximum absolute atomic E-state index is 11.6. The van der Waals surface area contributed by atoms with Crippen LogP contribution >= 0.6 is 0 Å². The minimum atomic E-state index is -0.861. The molecule has 0 bridgehead atoms. The predicted octanol–water partition coefficient (Wildman–Crippen LogP) is 4.52. The van der Waals surface area contributed by atoms with E-state index < -0.39 is 5.97 Å². The van der Waals surface area contributed by atoms with Crippen molar-refractivity contribution in [2.75, 3.05) is 5.32 Å². The maximum atomic E-state index is 11.6. The summed E-state index contributed by atoms with van der Waals surface area (Å²) in [5.74, 6) is -0.136. The largest absolute Gasteiger partial charge is 0.478 e. The second kappa shape index (κ2) is 5.27. The number of nitrogens with one attached hydrogen (secondary N) is 1. The number of aromatic carboxylic acids is 1. The SMILES string of the molecule is Cc1cccc2c1N[C@H](c1ccccc1C(=O)O)[C@H]1CC=C[C@@H]21. The Morgan fingerprint density at radius 2 is 1.91 bits per heavy atom. The van der Waals surface area contributed by atoms with Crippen LogP contribution in [0.1, 0.15) is 45.4 Å². The first-order valence-corrected chi connectivity index (χ1v) is 8.01. The number of carboxylic acids is 1. The highest BCUT2D eigenvalue weighted by Gasteiger charge is 2.39. The third kappa shape index (κ3) is 2.15. The van der Waals surface area contributed by atoms with Crippen LogP contribution in [0, 0.1) is 12.8 Å². The third-order valence-electron chi connectivity index (χ3n) is 5.13. The first-order valence-electron chi connectivity index (χ1n) is 8.01. The van der Waals surface area contributed by atoms with Crippen LogP contribution in [0.25, 0.3) is 0 Å². The van der Waals surface area contributed by atoms with E-state index in [9.17, 15) is 9.90 Å². The van der Waals surface area contributed by atoms with Gasteiger partial charge in [-0.25, -0.2) is 4.79 Å². The van der Waals surface area contributed by atoms with Crippen molar-refractivity contribution in [3.05, 3.63) is 76.9 Å². The second-order valence-electron chi connectivity index (χ2n) is 6.41. The number of fused-ring (bicyclic) bond motifs is 3. The van der Waals surface area contributed by atoms with Crippen molar-refractivity contribution in [1.82, 2.24) is 0 Å². The molecule has 3 nitrogen and oxygen atoms in total. The Labute approximate surface area is 135 Å². The molecule has 1 aliphatic heterocycles. The molecule has 1 heterocycles. The minimum absolute atomic E-state index is 0.0240. The molecular weight excluding hydrogens is 286 g/mol. The molecule has 2 N–H and O–H groups in total. The number of hydrogen-bond donors (Lipinski definition) is 2. The van der Waals surface area contributed by atoms with E-state index in [2.05, 4.69) is 42.6 Å². The highest BCUT2D eigenvalue weighted by Crippen LogP contribution is 2.50. The highest BCUT2D eigenvalue weighted by atomic mass is 16.4. The number of aryl methyl sites for hydroxylation is 1. The third-order valence-corrected chi connectivity index (χ3v) is 5.13. The van der Waals surface area contributed by atoms with Crippen LogP contribution in [-0.4, -0.2) is 11.1 Å². The van der Waals surface area contributed by atoms with Crippen LogP contribution < -0.4 is 5.32 Å². The molecule has 116 valence electrons. The van der Waals surface area contributed by atoms with Gasteiger partial charge >= 0.3 is 5.97 Å². The van der Waals surface area contributed by atoms with E-state index in [0.29, 0.717) is 17.4 Å². The van der Waals surface area contributed by atoms with Gasteiger partial charge in [0, 0.05) is 11.6 Å². The van der Waals surface area contributed by atoms with Gasteiger partial charge < -0.3 is 10.4 Å². The summed E-state index contributed by atoms with van der Waals surface area (Å²) in [6, 6.07) is 13.8. The average Bonchev–Trinajstić information content (AvgIpc) is 3.04. The smallest absolute Gasteiger partial charge is 0.336 e. The molecule has 0 saturated heterocycles. The summed E-state index contributed by atoms with van der Waals surface area (Å²) in [6.07, 6.45) is 5.48. The standard InChI is InChI=1S/C20H19NO2/c1-12-6-4-10-14-13-9-5-11-15(13)19(21-18(12)14)16-7-2-3-8-17(16)20(22)23/h2-10,13,15,19,21H,11H2,1H3,(H,22,23)/t13-,15-,19-/m0/s1. The van der Waals surface area contributed by atoms with Crippen molar-refractivity contribution in [2.45, 2.75) is 25.3 Å². The molecule has 0 radical (unpaired) electrons. The lowest BCUT2D eigenvalue weighted by Gasteiger charge is -2.38. The lowest BCUT2D eigenvalue weighted by Crippen LogP contribution is -2.30.